The number of aromatic nitrogens is 3. The maximum absolute atomic E-state index is 13.3. The number of primary amides is 1. The molecule has 0 aliphatic rings. The molecule has 0 saturated heterocycles. The molecule has 2 atom stereocenters. The lowest BCUT2D eigenvalue weighted by Gasteiger charge is -2.20. The molecule has 3 amide bonds. The number of Topliss-reactive ketones (excluding diaryl/α,β-unsaturated/α-hetero) is 1. The van der Waals surface area contributed by atoms with Crippen molar-refractivity contribution in [2.45, 2.75) is 71.6 Å². The van der Waals surface area contributed by atoms with Crippen molar-refractivity contribution in [3.63, 3.8) is 0 Å². The Balaban J connectivity index is 2.20. The second-order valence-corrected chi connectivity index (χ2v) is 9.59. The second-order valence-electron chi connectivity index (χ2n) is 9.59. The van der Waals surface area contributed by atoms with Crippen molar-refractivity contribution in [1.82, 2.24) is 24.8 Å². The minimum Gasteiger partial charge on any atom is -0.452 e. The van der Waals surface area contributed by atoms with Gasteiger partial charge < -0.3 is 30.2 Å². The molecule has 0 aliphatic carbocycles. The number of aryl methyl sites for hydroxylation is 1. The normalized spacial score (nSPS) is 12.4. The molecule has 0 aromatic carbocycles. The topological polar surface area (TPSA) is 184 Å². The predicted octanol–water partition coefficient (Wildman–Crippen LogP) is 0.242. The van der Waals surface area contributed by atoms with Crippen LogP contribution in [0.15, 0.2) is 35.6 Å². The molecule has 2 rings (SSSR count). The molecule has 2 heterocycles. The van der Waals surface area contributed by atoms with Crippen LogP contribution in [-0.2, 0) is 43.9 Å². The van der Waals surface area contributed by atoms with E-state index >= 15 is 0 Å². The predicted molar refractivity (Wildman–Crippen MR) is 145 cm³/mol. The first kappa shape index (κ1) is 31.9. The van der Waals surface area contributed by atoms with Crippen LogP contribution >= 0.6 is 0 Å². The molecule has 0 bridgehead atoms. The third kappa shape index (κ3) is 9.47. The number of esters is 1. The number of pyridine rings is 1. The molecule has 1 unspecified atom stereocenters. The molecular formula is C27H38N6O7. The summed E-state index contributed by atoms with van der Waals surface area (Å²) in [5, 5.41) is 5.45. The molecule has 0 aliphatic heterocycles. The highest BCUT2D eigenvalue weighted by molar-refractivity contribution is 5.97. The molecule has 0 spiro atoms. The summed E-state index contributed by atoms with van der Waals surface area (Å²) >= 11 is 0. The van der Waals surface area contributed by atoms with Gasteiger partial charge in [0.15, 0.2) is 11.9 Å². The molecule has 0 radical (unpaired) electrons. The van der Waals surface area contributed by atoms with E-state index in [1.165, 1.54) is 33.9 Å². The minimum atomic E-state index is -1.30. The number of carbonyl (C=O) groups excluding carboxylic acids is 5. The van der Waals surface area contributed by atoms with E-state index in [-0.39, 0.29) is 43.0 Å². The van der Waals surface area contributed by atoms with Gasteiger partial charge in [0.25, 0.3) is 17.4 Å². The zero-order valence-corrected chi connectivity index (χ0v) is 23.3. The van der Waals surface area contributed by atoms with Crippen LogP contribution in [0, 0.1) is 5.92 Å². The minimum absolute atomic E-state index is 0.0945. The van der Waals surface area contributed by atoms with Gasteiger partial charge in [-0.1, -0.05) is 32.8 Å². The van der Waals surface area contributed by atoms with Gasteiger partial charge in [0.1, 0.15) is 12.2 Å². The Morgan fingerprint density at radius 1 is 1.12 bits per heavy atom. The number of ketones is 1. The summed E-state index contributed by atoms with van der Waals surface area (Å²) in [7, 11) is 1.61. The number of hydrogen-bond donors (Lipinski definition) is 3. The Morgan fingerprint density at radius 3 is 2.40 bits per heavy atom. The first-order valence-corrected chi connectivity index (χ1v) is 13.2. The monoisotopic (exact) mass is 558 g/mol. The second kappa shape index (κ2) is 15.3. The van der Waals surface area contributed by atoms with Crippen molar-refractivity contribution in [2.75, 3.05) is 6.54 Å². The van der Waals surface area contributed by atoms with Crippen LogP contribution in [0.3, 0.4) is 0 Å². The smallest absolute Gasteiger partial charge is 0.303 e. The quantitative estimate of drug-likeness (QED) is 0.245. The van der Waals surface area contributed by atoms with E-state index in [0.29, 0.717) is 12.5 Å². The van der Waals surface area contributed by atoms with Crippen LogP contribution in [0.1, 0.15) is 62.5 Å². The molecule has 2 aromatic rings. The van der Waals surface area contributed by atoms with Crippen LogP contribution in [0.2, 0.25) is 0 Å². The third-order valence-electron chi connectivity index (χ3n) is 6.61. The number of nitrogens with one attached hydrogen (secondary N) is 2. The summed E-state index contributed by atoms with van der Waals surface area (Å²) in [6.07, 6.45) is 4.19. The molecule has 4 N–H and O–H groups in total. The molecule has 13 heteroatoms. The summed E-state index contributed by atoms with van der Waals surface area (Å²) in [4.78, 5) is 78.6. The van der Waals surface area contributed by atoms with Crippen molar-refractivity contribution >= 4 is 29.5 Å². The Hall–Kier alpha value is -4.29. The van der Waals surface area contributed by atoms with Gasteiger partial charge in [-0.05, 0) is 24.8 Å². The summed E-state index contributed by atoms with van der Waals surface area (Å²) in [5.74, 6) is -2.71. The Bertz CT molecular complexity index is 1260. The van der Waals surface area contributed by atoms with Crippen molar-refractivity contribution in [3.8, 4) is 0 Å². The third-order valence-corrected chi connectivity index (χ3v) is 6.61. The first-order valence-electron chi connectivity index (χ1n) is 13.2. The number of hydrogen-bond acceptors (Lipinski definition) is 8. The van der Waals surface area contributed by atoms with Crippen LogP contribution in [0.25, 0.3) is 0 Å². The number of nitrogens with zero attached hydrogens (tertiary/aromatic N) is 3. The Kier molecular flexibility index (Phi) is 12.2. The van der Waals surface area contributed by atoms with Gasteiger partial charge in [-0.25, -0.2) is 4.98 Å². The number of carbonyl (C=O) groups is 5. The van der Waals surface area contributed by atoms with Crippen molar-refractivity contribution in [1.29, 1.82) is 0 Å². The Morgan fingerprint density at radius 2 is 1.82 bits per heavy atom. The molecule has 2 aromatic heterocycles. The fraction of sp³-hybridized carbons (Fsp3) is 0.519. The van der Waals surface area contributed by atoms with Crippen molar-refractivity contribution in [3.05, 3.63) is 52.5 Å². The van der Waals surface area contributed by atoms with E-state index < -0.39 is 41.3 Å². The fourth-order valence-electron chi connectivity index (χ4n) is 4.10. The van der Waals surface area contributed by atoms with E-state index in [4.69, 9.17) is 10.5 Å². The van der Waals surface area contributed by atoms with Crippen molar-refractivity contribution in [2.24, 2.45) is 18.7 Å². The lowest BCUT2D eigenvalue weighted by molar-refractivity contribution is -0.153. The Labute approximate surface area is 232 Å². The van der Waals surface area contributed by atoms with E-state index in [0.717, 1.165) is 19.8 Å². The number of ether oxygens (including phenoxy) is 1. The van der Waals surface area contributed by atoms with E-state index in [2.05, 4.69) is 15.6 Å². The summed E-state index contributed by atoms with van der Waals surface area (Å²) in [6, 6.07) is 1.89. The van der Waals surface area contributed by atoms with Gasteiger partial charge in [-0.3, -0.25) is 28.8 Å². The maximum Gasteiger partial charge on any atom is 0.303 e. The van der Waals surface area contributed by atoms with Gasteiger partial charge in [0.05, 0.1) is 18.6 Å². The molecule has 218 valence electrons. The molecule has 13 nitrogen and oxygen atoms in total. The van der Waals surface area contributed by atoms with Gasteiger partial charge in [0, 0.05) is 38.7 Å². The highest BCUT2D eigenvalue weighted by Gasteiger charge is 2.27. The van der Waals surface area contributed by atoms with Crippen LogP contribution in [0.4, 0.5) is 0 Å². The standard InChI is InChI=1S/C27H38N6O7/c1-5-18(6-2)13-30-24(36)15-33-11-7-8-19(27(33)39)12-22(35)20(9-10-23(25(28)37)40-17(3)34)31-26(38)21-14-29-16-32(21)4/h7-8,11,14,16,18,20,23H,5-6,9-10,12-13,15H2,1-4H3,(H2,28,37)(H,30,36)(H,31,38)/t20-,23?/m0/s1. The zero-order valence-electron chi connectivity index (χ0n) is 23.3. The number of rotatable bonds is 16. The van der Waals surface area contributed by atoms with Crippen LogP contribution < -0.4 is 21.9 Å². The largest absolute Gasteiger partial charge is 0.452 e. The number of amides is 3. The summed E-state index contributed by atoms with van der Waals surface area (Å²) in [5.41, 5.74) is 5.13. The number of imidazole rings is 1. The van der Waals surface area contributed by atoms with Gasteiger partial charge >= 0.3 is 5.97 Å². The van der Waals surface area contributed by atoms with E-state index in [1.807, 2.05) is 13.8 Å². The van der Waals surface area contributed by atoms with Crippen LogP contribution in [0.5, 0.6) is 0 Å². The molecule has 0 saturated carbocycles. The SMILES string of the molecule is CCC(CC)CNC(=O)Cn1cccc(CC(=O)[C@H](CCC(OC(C)=O)C(N)=O)NC(=O)c2cncn2C)c1=O. The van der Waals surface area contributed by atoms with Crippen LogP contribution in [-0.4, -0.2) is 62.3 Å². The summed E-state index contributed by atoms with van der Waals surface area (Å²) < 4.78 is 7.62. The van der Waals surface area contributed by atoms with Gasteiger partial charge in [-0.2, -0.15) is 0 Å². The molecule has 40 heavy (non-hydrogen) atoms. The number of nitrogens with two attached hydrogens (primary N) is 1. The fourth-order valence-corrected chi connectivity index (χ4v) is 4.10. The zero-order chi connectivity index (χ0) is 29.8. The summed E-state index contributed by atoms with van der Waals surface area (Å²) in [6.45, 7) is 5.51. The average molecular weight is 559 g/mol. The first-order chi connectivity index (χ1) is 19.0. The lowest BCUT2D eigenvalue weighted by Crippen LogP contribution is -2.44. The van der Waals surface area contributed by atoms with E-state index in [9.17, 15) is 28.8 Å². The maximum atomic E-state index is 13.3. The van der Waals surface area contributed by atoms with E-state index in [1.54, 1.807) is 13.1 Å². The van der Waals surface area contributed by atoms with Gasteiger partial charge in [0.2, 0.25) is 5.91 Å². The van der Waals surface area contributed by atoms with Crippen molar-refractivity contribution < 1.29 is 28.7 Å². The average Bonchev–Trinajstić information content (AvgIpc) is 3.34. The highest BCUT2D eigenvalue weighted by Crippen LogP contribution is 2.11. The highest BCUT2D eigenvalue weighted by atomic mass is 16.5. The molecule has 0 fully saturated rings. The van der Waals surface area contributed by atoms with Gasteiger partial charge in [-0.15, -0.1) is 0 Å². The molecular weight excluding hydrogens is 520 g/mol. The lowest BCUT2D eigenvalue weighted by atomic mass is 9.98.